The average Bonchev–Trinajstić information content (AvgIpc) is 2.53. The van der Waals surface area contributed by atoms with Gasteiger partial charge in [-0.05, 0) is 17.5 Å². The summed E-state index contributed by atoms with van der Waals surface area (Å²) < 4.78 is 38.2. The van der Waals surface area contributed by atoms with Crippen LogP contribution in [0.5, 0.6) is 0 Å². The van der Waals surface area contributed by atoms with Gasteiger partial charge in [0.25, 0.3) is 5.70 Å². The molecule has 0 N–H and O–H groups in total. The maximum absolute atomic E-state index is 8.49. The van der Waals surface area contributed by atoms with E-state index >= 15 is 0 Å². The normalized spacial score (nSPS) is 11.3. The first kappa shape index (κ1) is 22.8. The van der Waals surface area contributed by atoms with Crippen molar-refractivity contribution in [1.82, 2.24) is 4.90 Å². The minimum atomic E-state index is -4.94. The molecular weight excluding hydrogens is 370 g/mol. The molecule has 2 aromatic rings. The average molecular weight is 395 g/mol. The van der Waals surface area contributed by atoms with Crippen LogP contribution in [0.4, 0.5) is 0 Å². The third-order valence-electron chi connectivity index (χ3n) is 3.23. The molecule has 0 radical (unpaired) electrons. The predicted molar refractivity (Wildman–Crippen MR) is 92.0 cm³/mol. The summed E-state index contributed by atoms with van der Waals surface area (Å²) in [6.07, 6.45) is 9.42. The topological polar surface area (TPSA) is 102 Å². The molecule has 8 heteroatoms. The highest BCUT2D eigenvalue weighted by Gasteiger charge is 2.12. The van der Waals surface area contributed by atoms with E-state index in [9.17, 15) is 0 Å². The summed E-state index contributed by atoms with van der Waals surface area (Å²) in [6.45, 7) is 0. The summed E-state index contributed by atoms with van der Waals surface area (Å²) in [5, 5.41) is 0. The summed E-state index contributed by atoms with van der Waals surface area (Å²) in [7, 11) is 3.20. The second kappa shape index (κ2) is 10.8. The second-order valence-electron chi connectivity index (χ2n) is 6.26. The van der Waals surface area contributed by atoms with Gasteiger partial charge in [-0.15, -0.1) is 10.2 Å². The first-order chi connectivity index (χ1) is 12.5. The van der Waals surface area contributed by atoms with Crippen molar-refractivity contribution < 1.29 is 38.0 Å². The van der Waals surface area contributed by atoms with Gasteiger partial charge in [-0.1, -0.05) is 30.3 Å². The number of allylic oxidation sites excluding steroid dienone is 1. The number of pyridine rings is 1. The van der Waals surface area contributed by atoms with Crippen molar-refractivity contribution in [3.05, 3.63) is 72.2 Å². The zero-order valence-corrected chi connectivity index (χ0v) is 16.7. The molecule has 0 unspecified atom stereocenters. The van der Waals surface area contributed by atoms with Crippen LogP contribution in [0.2, 0.25) is 0 Å². The van der Waals surface area contributed by atoms with Gasteiger partial charge in [0, 0.05) is 26.2 Å². The fourth-order valence-electron chi connectivity index (χ4n) is 2.27. The standard InChI is InChI=1S/C19H25N3.ClHO4/c1-20(2)15-19(16-21(3)4)22-12-10-18(11-13-22)14-17-8-6-5-7-9-17;2-1(3,4)5/h5-13,15-16H,14H2,1-4H3;(H,2,3,4,5)/q+2;/p-1. The second-order valence-corrected chi connectivity index (χ2v) is 7.02. The number of nitrogens with zero attached hydrogens (tertiary/aromatic N) is 3. The maximum Gasteiger partial charge on any atom is 0.290 e. The molecule has 2 rings (SSSR count). The molecule has 0 atom stereocenters. The minimum Gasteiger partial charge on any atom is -0.378 e. The third kappa shape index (κ3) is 11.1. The highest BCUT2D eigenvalue weighted by atomic mass is 35.7. The van der Waals surface area contributed by atoms with Crippen LogP contribution >= 0.6 is 0 Å². The quantitative estimate of drug-likeness (QED) is 0.412. The lowest BCUT2D eigenvalue weighted by Crippen LogP contribution is -2.68. The van der Waals surface area contributed by atoms with E-state index in [0.29, 0.717) is 0 Å². The maximum atomic E-state index is 8.49. The molecule has 7 nitrogen and oxygen atoms in total. The van der Waals surface area contributed by atoms with Gasteiger partial charge >= 0.3 is 0 Å². The van der Waals surface area contributed by atoms with Crippen molar-refractivity contribution in [2.45, 2.75) is 6.42 Å². The van der Waals surface area contributed by atoms with Crippen LogP contribution in [0.1, 0.15) is 11.1 Å². The van der Waals surface area contributed by atoms with E-state index in [2.05, 4.69) is 81.3 Å². The number of aromatic nitrogens is 1. The monoisotopic (exact) mass is 394 g/mol. The fourth-order valence-corrected chi connectivity index (χ4v) is 2.27. The molecular formula is C19H25ClN3O4+. The molecule has 0 aliphatic carbocycles. The summed E-state index contributed by atoms with van der Waals surface area (Å²) in [5.41, 5.74) is 3.78. The Hall–Kier alpha value is -2.29. The lowest BCUT2D eigenvalue weighted by Gasteiger charge is -2.17. The molecule has 1 heterocycles. The number of rotatable bonds is 5. The number of hydrogen-bond donors (Lipinski definition) is 0. The van der Waals surface area contributed by atoms with Crippen LogP contribution in [0, 0.1) is 10.2 Å². The summed E-state index contributed by atoms with van der Waals surface area (Å²) >= 11 is 0. The summed E-state index contributed by atoms with van der Waals surface area (Å²) in [5.74, 6) is 0. The Balaban J connectivity index is 0.000000646. The van der Waals surface area contributed by atoms with Crippen molar-refractivity contribution in [1.29, 1.82) is 0 Å². The van der Waals surface area contributed by atoms with Gasteiger partial charge in [-0.25, -0.2) is 23.2 Å². The van der Waals surface area contributed by atoms with E-state index < -0.39 is 10.2 Å². The predicted octanol–water partition coefficient (Wildman–Crippen LogP) is -2.49. The Morgan fingerprint density at radius 1 is 0.963 bits per heavy atom. The van der Waals surface area contributed by atoms with Gasteiger partial charge in [0.15, 0.2) is 12.4 Å². The van der Waals surface area contributed by atoms with Gasteiger partial charge in [0.05, 0.1) is 6.20 Å². The van der Waals surface area contributed by atoms with Crippen LogP contribution in [0.25, 0.3) is 5.70 Å². The van der Waals surface area contributed by atoms with Gasteiger partial charge in [0.1, 0.15) is 14.1 Å². The first-order valence-corrected chi connectivity index (χ1v) is 9.34. The molecule has 0 spiro atoms. The Bertz CT molecular complexity index is 745. The van der Waals surface area contributed by atoms with Crippen LogP contribution in [0.15, 0.2) is 61.1 Å². The van der Waals surface area contributed by atoms with E-state index in [-0.39, 0.29) is 0 Å². The van der Waals surface area contributed by atoms with E-state index in [1.165, 1.54) is 11.1 Å². The Morgan fingerprint density at radius 3 is 1.89 bits per heavy atom. The van der Waals surface area contributed by atoms with E-state index in [1.807, 2.05) is 28.2 Å². The van der Waals surface area contributed by atoms with Crippen LogP contribution in [-0.4, -0.2) is 43.9 Å². The Morgan fingerprint density at radius 2 is 1.44 bits per heavy atom. The smallest absolute Gasteiger partial charge is 0.290 e. The lowest BCUT2D eigenvalue weighted by molar-refractivity contribution is -2.00. The zero-order chi connectivity index (χ0) is 20.4. The molecule has 0 bridgehead atoms. The third-order valence-corrected chi connectivity index (χ3v) is 3.23. The fraction of sp³-hybridized carbons (Fsp3) is 0.263. The molecule has 27 heavy (non-hydrogen) atoms. The largest absolute Gasteiger partial charge is 0.378 e. The van der Waals surface area contributed by atoms with Gasteiger partial charge < -0.3 is 4.90 Å². The van der Waals surface area contributed by atoms with Crippen LogP contribution in [-0.2, 0) is 6.42 Å². The molecule has 0 aliphatic rings. The molecule has 1 aromatic carbocycles. The highest BCUT2D eigenvalue weighted by molar-refractivity contribution is 5.94. The molecule has 0 fully saturated rings. The SMILES string of the molecule is CN(C)/C=C(/C=[N+](C)C)[n+]1ccc(Cc2ccccc2)cc1.[O-][Cl+3]([O-])([O-])[O-]. The van der Waals surface area contributed by atoms with Crippen molar-refractivity contribution in [3.8, 4) is 0 Å². The van der Waals surface area contributed by atoms with Crippen molar-refractivity contribution in [2.24, 2.45) is 0 Å². The van der Waals surface area contributed by atoms with Gasteiger partial charge in [-0.2, -0.15) is 4.57 Å². The van der Waals surface area contributed by atoms with Crippen molar-refractivity contribution in [2.75, 3.05) is 28.2 Å². The molecule has 0 aliphatic heterocycles. The highest BCUT2D eigenvalue weighted by Crippen LogP contribution is 2.07. The molecule has 146 valence electrons. The van der Waals surface area contributed by atoms with Gasteiger partial charge in [-0.3, -0.25) is 0 Å². The van der Waals surface area contributed by atoms with E-state index in [1.54, 1.807) is 0 Å². The molecule has 0 saturated heterocycles. The van der Waals surface area contributed by atoms with E-state index in [4.69, 9.17) is 18.6 Å². The summed E-state index contributed by atoms with van der Waals surface area (Å²) in [6, 6.07) is 14.9. The molecule has 1 aromatic heterocycles. The number of benzene rings is 1. The van der Waals surface area contributed by atoms with Crippen LogP contribution < -0.4 is 23.2 Å². The summed E-state index contributed by atoms with van der Waals surface area (Å²) in [4.78, 5) is 2.06. The van der Waals surface area contributed by atoms with E-state index in [0.717, 1.165) is 12.1 Å². The Labute approximate surface area is 162 Å². The van der Waals surface area contributed by atoms with Crippen molar-refractivity contribution in [3.63, 3.8) is 0 Å². The molecule has 0 amide bonds. The zero-order valence-electron chi connectivity index (χ0n) is 15.9. The Kier molecular flexibility index (Phi) is 9.07. The molecule has 0 saturated carbocycles. The lowest BCUT2D eigenvalue weighted by atomic mass is 10.1. The van der Waals surface area contributed by atoms with Crippen LogP contribution in [0.3, 0.4) is 0 Å². The minimum absolute atomic E-state index is 0.964. The van der Waals surface area contributed by atoms with Gasteiger partial charge in [0.2, 0.25) is 6.21 Å². The first-order valence-electron chi connectivity index (χ1n) is 8.10. The number of hydrogen-bond acceptors (Lipinski definition) is 5. The number of halogens is 1. The van der Waals surface area contributed by atoms with Crippen molar-refractivity contribution >= 4 is 11.9 Å².